The first-order valence-corrected chi connectivity index (χ1v) is 4.75. The number of hydrogen-bond donors (Lipinski definition) is 1. The van der Waals surface area contributed by atoms with Gasteiger partial charge in [-0.05, 0) is 18.2 Å². The van der Waals surface area contributed by atoms with E-state index in [0.29, 0.717) is 11.3 Å². The number of carbonyl (C=O) groups is 2. The number of carbonyl (C=O) groups excluding carboxylic acids is 1. The van der Waals surface area contributed by atoms with E-state index in [2.05, 4.69) is 5.10 Å². The van der Waals surface area contributed by atoms with Crippen LogP contribution >= 0.6 is 0 Å². The predicted molar refractivity (Wildman–Crippen MR) is 58.3 cm³/mol. The molecule has 2 rings (SSSR count). The van der Waals surface area contributed by atoms with Gasteiger partial charge in [0, 0.05) is 0 Å². The van der Waals surface area contributed by atoms with E-state index in [0.717, 1.165) is 5.01 Å². The van der Waals surface area contributed by atoms with Crippen LogP contribution in [-0.4, -0.2) is 22.7 Å². The maximum Gasteiger partial charge on any atom is 0.352 e. The molecule has 1 aromatic carbocycles. The number of benzene rings is 1. The highest BCUT2D eigenvalue weighted by molar-refractivity contribution is 6.42. The molecule has 1 N–H and O–H groups in total. The molecule has 1 aromatic rings. The number of hydrazone groups is 1. The fourth-order valence-corrected chi connectivity index (χ4v) is 1.46. The largest absolute Gasteiger partial charge is 0.477 e. The second-order valence-corrected chi connectivity index (χ2v) is 3.40. The Balaban J connectivity index is 2.37. The third-order valence-corrected chi connectivity index (χ3v) is 2.24. The lowest BCUT2D eigenvalue weighted by Crippen LogP contribution is -2.19. The van der Waals surface area contributed by atoms with E-state index in [1.165, 1.54) is 6.07 Å². The third kappa shape index (κ3) is 1.99. The number of nitriles is 1. The van der Waals surface area contributed by atoms with Crippen molar-refractivity contribution in [2.24, 2.45) is 5.10 Å². The summed E-state index contributed by atoms with van der Waals surface area (Å²) >= 11 is 0. The molecule has 1 heterocycles. The Labute approximate surface area is 96.4 Å². The summed E-state index contributed by atoms with van der Waals surface area (Å²) in [6.07, 6.45) is -0.230. The number of hydrogen-bond acceptors (Lipinski definition) is 4. The zero-order valence-corrected chi connectivity index (χ0v) is 8.62. The lowest BCUT2D eigenvalue weighted by Gasteiger charge is -2.11. The second kappa shape index (κ2) is 4.06. The van der Waals surface area contributed by atoms with Gasteiger partial charge in [-0.1, -0.05) is 6.07 Å². The van der Waals surface area contributed by atoms with Gasteiger partial charge >= 0.3 is 5.97 Å². The Morgan fingerprint density at radius 3 is 2.88 bits per heavy atom. The number of carboxylic acid groups (broad SMARTS) is 1. The lowest BCUT2D eigenvalue weighted by atomic mass is 10.2. The van der Waals surface area contributed by atoms with Crippen LogP contribution in [0.3, 0.4) is 0 Å². The smallest absolute Gasteiger partial charge is 0.352 e. The molecule has 0 saturated carbocycles. The molecule has 6 heteroatoms. The first kappa shape index (κ1) is 10.8. The Kier molecular flexibility index (Phi) is 2.58. The maximum atomic E-state index is 11.6. The molecule has 0 atom stereocenters. The molecule has 0 bridgehead atoms. The minimum absolute atomic E-state index is 0.197. The van der Waals surface area contributed by atoms with Crippen molar-refractivity contribution in [1.82, 2.24) is 0 Å². The van der Waals surface area contributed by atoms with Gasteiger partial charge in [0.25, 0.3) is 5.91 Å². The van der Waals surface area contributed by atoms with Crippen LogP contribution in [0.4, 0.5) is 5.69 Å². The quantitative estimate of drug-likeness (QED) is 0.809. The van der Waals surface area contributed by atoms with Crippen LogP contribution in [0.1, 0.15) is 12.0 Å². The Bertz CT molecular complexity index is 572. The molecular formula is C11H7N3O3. The molecule has 1 amide bonds. The molecule has 17 heavy (non-hydrogen) atoms. The van der Waals surface area contributed by atoms with Crippen LogP contribution in [0.15, 0.2) is 29.4 Å². The van der Waals surface area contributed by atoms with Crippen LogP contribution in [0, 0.1) is 11.3 Å². The zero-order valence-electron chi connectivity index (χ0n) is 8.62. The standard InChI is InChI=1S/C11H7N3O3/c12-6-7-2-1-3-8(4-7)14-10(15)5-9(13-14)11(16)17/h1-4H,5H2,(H,16,17). The van der Waals surface area contributed by atoms with Gasteiger partial charge in [-0.2, -0.15) is 15.4 Å². The molecular weight excluding hydrogens is 222 g/mol. The second-order valence-electron chi connectivity index (χ2n) is 3.40. The molecule has 0 spiro atoms. The van der Waals surface area contributed by atoms with Crippen molar-refractivity contribution in [3.8, 4) is 6.07 Å². The average molecular weight is 229 g/mol. The summed E-state index contributed by atoms with van der Waals surface area (Å²) in [5.41, 5.74) is 0.580. The number of carboxylic acids is 1. The number of amides is 1. The van der Waals surface area contributed by atoms with E-state index in [9.17, 15) is 9.59 Å². The summed E-state index contributed by atoms with van der Waals surface area (Å²) in [6.45, 7) is 0. The maximum absolute atomic E-state index is 11.6. The number of aliphatic carboxylic acids is 1. The normalized spacial score (nSPS) is 14.4. The average Bonchev–Trinajstić information content (AvgIpc) is 2.72. The van der Waals surface area contributed by atoms with E-state index >= 15 is 0 Å². The number of rotatable bonds is 2. The first-order chi connectivity index (χ1) is 8.11. The summed E-state index contributed by atoms with van der Waals surface area (Å²) in [5, 5.41) is 22.2. The van der Waals surface area contributed by atoms with Gasteiger partial charge in [-0.3, -0.25) is 4.79 Å². The molecule has 0 unspecified atom stereocenters. The predicted octanol–water partition coefficient (Wildman–Crippen LogP) is 0.736. The molecule has 1 aliphatic heterocycles. The van der Waals surface area contributed by atoms with E-state index < -0.39 is 11.9 Å². The summed E-state index contributed by atoms with van der Waals surface area (Å²) in [4.78, 5) is 22.2. The lowest BCUT2D eigenvalue weighted by molar-refractivity contribution is -0.129. The van der Waals surface area contributed by atoms with Crippen LogP contribution < -0.4 is 5.01 Å². The zero-order chi connectivity index (χ0) is 12.4. The highest BCUT2D eigenvalue weighted by Gasteiger charge is 2.29. The monoisotopic (exact) mass is 229 g/mol. The number of anilines is 1. The Morgan fingerprint density at radius 2 is 2.29 bits per heavy atom. The van der Waals surface area contributed by atoms with Gasteiger partial charge in [0.1, 0.15) is 0 Å². The van der Waals surface area contributed by atoms with Crippen molar-refractivity contribution < 1.29 is 14.7 Å². The summed E-state index contributed by atoms with van der Waals surface area (Å²) in [6, 6.07) is 8.20. The topological polar surface area (TPSA) is 93.8 Å². The molecule has 0 radical (unpaired) electrons. The molecule has 1 aliphatic rings. The molecule has 84 valence electrons. The van der Waals surface area contributed by atoms with Crippen LogP contribution in [0.5, 0.6) is 0 Å². The van der Waals surface area contributed by atoms with Gasteiger partial charge in [0.15, 0.2) is 5.71 Å². The highest BCUT2D eigenvalue weighted by Crippen LogP contribution is 2.21. The minimum atomic E-state index is -1.21. The van der Waals surface area contributed by atoms with Crippen LogP contribution in [0.25, 0.3) is 0 Å². The van der Waals surface area contributed by atoms with Gasteiger partial charge in [-0.15, -0.1) is 0 Å². The summed E-state index contributed by atoms with van der Waals surface area (Å²) < 4.78 is 0. The SMILES string of the molecule is N#Cc1cccc(N2N=C(C(=O)O)CC2=O)c1. The molecule has 0 saturated heterocycles. The molecule has 0 aliphatic carbocycles. The molecule has 6 nitrogen and oxygen atoms in total. The molecule has 0 fully saturated rings. The fraction of sp³-hybridized carbons (Fsp3) is 0.0909. The Hall–Kier alpha value is -2.68. The van der Waals surface area contributed by atoms with Crippen molar-refractivity contribution in [3.05, 3.63) is 29.8 Å². The van der Waals surface area contributed by atoms with Crippen molar-refractivity contribution in [2.45, 2.75) is 6.42 Å². The fourth-order valence-electron chi connectivity index (χ4n) is 1.46. The van der Waals surface area contributed by atoms with Gasteiger partial charge in [0.05, 0.1) is 23.7 Å². The van der Waals surface area contributed by atoms with E-state index in [1.54, 1.807) is 18.2 Å². The van der Waals surface area contributed by atoms with Crippen LogP contribution in [-0.2, 0) is 9.59 Å². The van der Waals surface area contributed by atoms with Gasteiger partial charge < -0.3 is 5.11 Å². The van der Waals surface area contributed by atoms with E-state index in [-0.39, 0.29) is 12.1 Å². The van der Waals surface area contributed by atoms with Gasteiger partial charge in [0.2, 0.25) is 0 Å². The highest BCUT2D eigenvalue weighted by atomic mass is 16.4. The summed E-state index contributed by atoms with van der Waals surface area (Å²) in [7, 11) is 0. The first-order valence-electron chi connectivity index (χ1n) is 4.75. The summed E-state index contributed by atoms with van der Waals surface area (Å²) in [5.74, 6) is -1.63. The van der Waals surface area contributed by atoms with Crippen molar-refractivity contribution in [1.29, 1.82) is 5.26 Å². The van der Waals surface area contributed by atoms with Crippen LogP contribution in [0.2, 0.25) is 0 Å². The van der Waals surface area contributed by atoms with Crippen molar-refractivity contribution in [2.75, 3.05) is 5.01 Å². The minimum Gasteiger partial charge on any atom is -0.477 e. The van der Waals surface area contributed by atoms with Gasteiger partial charge in [-0.25, -0.2) is 4.79 Å². The molecule has 0 aromatic heterocycles. The van der Waals surface area contributed by atoms with Crippen molar-refractivity contribution >= 4 is 23.3 Å². The number of nitrogens with zero attached hydrogens (tertiary/aromatic N) is 3. The third-order valence-electron chi connectivity index (χ3n) is 2.24. The van der Waals surface area contributed by atoms with E-state index in [4.69, 9.17) is 10.4 Å². The Morgan fingerprint density at radius 1 is 1.53 bits per heavy atom. The van der Waals surface area contributed by atoms with Crippen molar-refractivity contribution in [3.63, 3.8) is 0 Å². The van der Waals surface area contributed by atoms with E-state index in [1.807, 2.05) is 6.07 Å².